The Bertz CT molecular complexity index is 656. The molecule has 10 heteroatoms. The van der Waals surface area contributed by atoms with Crippen LogP contribution in [0.15, 0.2) is 4.99 Å². The van der Waals surface area contributed by atoms with E-state index in [9.17, 15) is 9.18 Å². The van der Waals surface area contributed by atoms with Gasteiger partial charge in [-0.15, -0.1) is 0 Å². The minimum absolute atomic E-state index is 0.0537. The van der Waals surface area contributed by atoms with Crippen molar-refractivity contribution in [2.45, 2.75) is 70.1 Å². The van der Waals surface area contributed by atoms with Crippen LogP contribution in [0.4, 0.5) is 4.39 Å². The van der Waals surface area contributed by atoms with Gasteiger partial charge in [-0.1, -0.05) is 6.92 Å². The number of carbonyl (C=O) groups excluding carboxylic acids is 1. The summed E-state index contributed by atoms with van der Waals surface area (Å²) in [5.41, 5.74) is 0. The van der Waals surface area contributed by atoms with E-state index in [1.807, 2.05) is 0 Å². The number of nitrogens with one attached hydrogen (secondary N) is 7. The van der Waals surface area contributed by atoms with Gasteiger partial charge in [-0.3, -0.25) is 15.1 Å². The Balaban J connectivity index is 1.35. The second-order valence-electron chi connectivity index (χ2n) is 10.1. The molecule has 3 fully saturated rings. The van der Waals surface area contributed by atoms with Gasteiger partial charge in [-0.25, -0.2) is 4.39 Å². The number of hydrogen-bond acceptors (Lipinski definition) is 8. The Morgan fingerprint density at radius 3 is 2.66 bits per heavy atom. The zero-order valence-corrected chi connectivity index (χ0v) is 19.4. The highest BCUT2D eigenvalue weighted by Crippen LogP contribution is 2.31. The topological polar surface area (TPSA) is 114 Å². The van der Waals surface area contributed by atoms with Crippen molar-refractivity contribution in [2.75, 3.05) is 39.3 Å². The lowest BCUT2D eigenvalue weighted by atomic mass is 9.76. The van der Waals surface area contributed by atoms with E-state index in [-0.39, 0.29) is 30.2 Å². The Labute approximate surface area is 190 Å². The summed E-state index contributed by atoms with van der Waals surface area (Å²) in [5, 5.41) is 23.4. The van der Waals surface area contributed by atoms with Gasteiger partial charge in [0.2, 0.25) is 5.91 Å². The Kier molecular flexibility index (Phi) is 8.20. The molecule has 4 aliphatic heterocycles. The summed E-state index contributed by atoms with van der Waals surface area (Å²) in [6.07, 6.45) is 2.32. The highest BCUT2D eigenvalue weighted by molar-refractivity contribution is 5.82. The molecule has 9 nitrogen and oxygen atoms in total. The number of alkyl halides is 1. The fourth-order valence-electron chi connectivity index (χ4n) is 5.52. The molecule has 4 heterocycles. The van der Waals surface area contributed by atoms with E-state index in [4.69, 9.17) is 0 Å². The van der Waals surface area contributed by atoms with Crippen molar-refractivity contribution >= 4 is 11.9 Å². The molecule has 3 saturated heterocycles. The van der Waals surface area contributed by atoms with Crippen LogP contribution in [0.1, 0.15) is 39.5 Å². The van der Waals surface area contributed by atoms with Gasteiger partial charge in [0.05, 0.1) is 18.8 Å². The maximum absolute atomic E-state index is 13.8. The minimum Gasteiger partial charge on any atom is -0.356 e. The molecule has 4 rings (SSSR count). The number of guanidine groups is 1. The highest BCUT2D eigenvalue weighted by atomic mass is 19.1. The largest absolute Gasteiger partial charge is 0.356 e. The number of rotatable bonds is 6. The normalized spacial score (nSPS) is 40.3. The Morgan fingerprint density at radius 1 is 1.12 bits per heavy atom. The Hall–Kier alpha value is -1.49. The van der Waals surface area contributed by atoms with Crippen molar-refractivity contribution in [1.29, 1.82) is 0 Å². The van der Waals surface area contributed by atoms with Crippen LogP contribution in [-0.4, -0.2) is 81.7 Å². The maximum Gasteiger partial charge on any atom is 0.237 e. The number of aliphatic imine (C=N–C) groups is 1. The smallest absolute Gasteiger partial charge is 0.237 e. The molecule has 0 aromatic rings. The van der Waals surface area contributed by atoms with Gasteiger partial charge in [0.1, 0.15) is 0 Å². The molecular formula is C22H41FN8O. The van der Waals surface area contributed by atoms with Crippen molar-refractivity contribution in [3.05, 3.63) is 0 Å². The number of hydrogen-bond donors (Lipinski definition) is 7. The van der Waals surface area contributed by atoms with Crippen LogP contribution in [0.3, 0.4) is 0 Å². The van der Waals surface area contributed by atoms with Gasteiger partial charge in [-0.2, -0.15) is 0 Å². The van der Waals surface area contributed by atoms with Crippen LogP contribution in [0, 0.1) is 17.8 Å². The van der Waals surface area contributed by atoms with Gasteiger partial charge in [0.25, 0.3) is 0 Å². The van der Waals surface area contributed by atoms with Crippen LogP contribution < -0.4 is 37.2 Å². The first-order valence-corrected chi connectivity index (χ1v) is 12.4. The predicted molar refractivity (Wildman–Crippen MR) is 124 cm³/mol. The van der Waals surface area contributed by atoms with Crippen LogP contribution >= 0.6 is 0 Å². The van der Waals surface area contributed by atoms with E-state index in [2.05, 4.69) is 56.1 Å². The molecule has 0 radical (unpaired) electrons. The quantitative estimate of drug-likeness (QED) is 0.265. The molecule has 0 saturated carbocycles. The third kappa shape index (κ3) is 6.30. The molecule has 0 spiro atoms. The molecule has 32 heavy (non-hydrogen) atoms. The van der Waals surface area contributed by atoms with Gasteiger partial charge >= 0.3 is 0 Å². The standard InChI is InChI=1S/C22H41FN8O/c1-13-9-26-20(27-10-13)12-28-21(32)18-8-15(11-29-22-24-5-6-25-22)7-17(31-18)16-3-4-19(23)30-14(16)2/h13-20,26-27,30-31H,3-12H2,1-2H3,(H,28,32)(H2,24,25,29). The summed E-state index contributed by atoms with van der Waals surface area (Å²) >= 11 is 0. The molecular weight excluding hydrogens is 411 g/mol. The van der Waals surface area contributed by atoms with Gasteiger partial charge in [0.15, 0.2) is 12.3 Å². The first-order valence-electron chi connectivity index (χ1n) is 12.4. The summed E-state index contributed by atoms with van der Waals surface area (Å²) in [4.78, 5) is 17.5. The lowest BCUT2D eigenvalue weighted by Gasteiger charge is -2.44. The van der Waals surface area contributed by atoms with Crippen LogP contribution in [0.2, 0.25) is 0 Å². The molecule has 0 aromatic heterocycles. The van der Waals surface area contributed by atoms with E-state index in [1.165, 1.54) is 0 Å². The molecule has 0 aromatic carbocycles. The molecule has 6 atom stereocenters. The lowest BCUT2D eigenvalue weighted by Crippen LogP contribution is -2.62. The average molecular weight is 453 g/mol. The van der Waals surface area contributed by atoms with Gasteiger partial charge in [0, 0.05) is 44.8 Å². The SMILES string of the molecule is CC1CNC(CNC(=O)C2CC(CNC3=NCCN3)CC(C3CCC(F)NC3C)N2)NC1. The molecule has 0 bridgehead atoms. The van der Waals surface area contributed by atoms with Crippen molar-refractivity contribution in [2.24, 2.45) is 22.7 Å². The maximum atomic E-state index is 13.8. The van der Waals surface area contributed by atoms with Crippen molar-refractivity contribution in [3.63, 3.8) is 0 Å². The van der Waals surface area contributed by atoms with E-state index in [0.717, 1.165) is 57.9 Å². The zero-order valence-electron chi connectivity index (χ0n) is 19.4. The average Bonchev–Trinajstić information content (AvgIpc) is 3.30. The summed E-state index contributed by atoms with van der Waals surface area (Å²) in [7, 11) is 0. The van der Waals surface area contributed by atoms with E-state index in [1.54, 1.807) is 0 Å². The van der Waals surface area contributed by atoms with Crippen molar-refractivity contribution in [1.82, 2.24) is 37.2 Å². The predicted octanol–water partition coefficient (Wildman–Crippen LogP) is -0.773. The first kappa shape index (κ1) is 23.7. The van der Waals surface area contributed by atoms with E-state index >= 15 is 0 Å². The van der Waals surface area contributed by atoms with E-state index < -0.39 is 6.30 Å². The summed E-state index contributed by atoms with van der Waals surface area (Å²) < 4.78 is 13.8. The molecule has 7 N–H and O–H groups in total. The van der Waals surface area contributed by atoms with Crippen molar-refractivity contribution < 1.29 is 9.18 Å². The number of carbonyl (C=O) groups is 1. The first-order chi connectivity index (χ1) is 15.5. The molecule has 4 aliphatic rings. The van der Waals surface area contributed by atoms with Gasteiger partial charge < -0.3 is 31.9 Å². The molecule has 1 amide bonds. The van der Waals surface area contributed by atoms with Crippen LogP contribution in [0.5, 0.6) is 0 Å². The Morgan fingerprint density at radius 2 is 1.94 bits per heavy atom. The lowest BCUT2D eigenvalue weighted by molar-refractivity contribution is -0.125. The van der Waals surface area contributed by atoms with E-state index in [0.29, 0.717) is 30.7 Å². The zero-order chi connectivity index (χ0) is 22.5. The number of halogens is 1. The summed E-state index contributed by atoms with van der Waals surface area (Å²) in [6, 6.07) is 0.0357. The number of nitrogens with zero attached hydrogens (tertiary/aromatic N) is 1. The second kappa shape index (κ2) is 11.1. The minimum atomic E-state index is -0.925. The third-order valence-electron chi connectivity index (χ3n) is 7.38. The molecule has 6 unspecified atom stereocenters. The highest BCUT2D eigenvalue weighted by Gasteiger charge is 2.40. The summed E-state index contributed by atoms with van der Waals surface area (Å²) in [5.74, 6) is 2.18. The number of amides is 1. The molecule has 182 valence electrons. The van der Waals surface area contributed by atoms with Crippen molar-refractivity contribution in [3.8, 4) is 0 Å². The summed E-state index contributed by atoms with van der Waals surface area (Å²) in [6.45, 7) is 9.23. The van der Waals surface area contributed by atoms with Crippen LogP contribution in [-0.2, 0) is 4.79 Å². The monoisotopic (exact) mass is 452 g/mol. The van der Waals surface area contributed by atoms with Crippen LogP contribution in [0.25, 0.3) is 0 Å². The van der Waals surface area contributed by atoms with Gasteiger partial charge in [-0.05, 0) is 50.4 Å². The number of piperidine rings is 2. The second-order valence-corrected chi connectivity index (χ2v) is 10.1. The fraction of sp³-hybridized carbons (Fsp3) is 0.909. The fourth-order valence-corrected chi connectivity index (χ4v) is 5.52. The molecule has 0 aliphatic carbocycles. The third-order valence-corrected chi connectivity index (χ3v) is 7.38.